The Balaban J connectivity index is 1.65. The van der Waals surface area contributed by atoms with Crippen LogP contribution in [0.2, 0.25) is 0 Å². The smallest absolute Gasteiger partial charge is 0.294 e. The van der Waals surface area contributed by atoms with Crippen molar-refractivity contribution in [3.05, 3.63) is 113 Å². The Morgan fingerprint density at radius 3 is 2.06 bits per heavy atom. The van der Waals surface area contributed by atoms with Gasteiger partial charge >= 0.3 is 0 Å². The van der Waals surface area contributed by atoms with E-state index in [4.69, 9.17) is 14.2 Å². The molecule has 156 valence electrons. The molecule has 5 heteroatoms. The average molecular weight is 413 g/mol. The first-order valence-electron chi connectivity index (χ1n) is 10.0. The number of benzene rings is 3. The molecule has 0 fully saturated rings. The van der Waals surface area contributed by atoms with Crippen molar-refractivity contribution < 1.29 is 14.2 Å². The standard InChI is InChI=1S/C26H23NO4/c1-2-15-29-25-24(31-18-20-11-7-4-8-12-20)22-14-13-21(16-23(22)27-26(25)28)30-17-19-9-5-3-6-10-19/h2-14,16H,1,15,17-18H2,(H,27,28). The number of hydrogen-bond donors (Lipinski definition) is 1. The molecule has 0 aliphatic heterocycles. The van der Waals surface area contributed by atoms with Crippen molar-refractivity contribution in [1.29, 1.82) is 0 Å². The monoisotopic (exact) mass is 413 g/mol. The Hall–Kier alpha value is -3.99. The number of H-pyrrole nitrogens is 1. The Morgan fingerprint density at radius 1 is 0.774 bits per heavy atom. The van der Waals surface area contributed by atoms with Crippen molar-refractivity contribution >= 4 is 10.9 Å². The first kappa shape index (κ1) is 20.3. The summed E-state index contributed by atoms with van der Waals surface area (Å²) in [7, 11) is 0. The summed E-state index contributed by atoms with van der Waals surface area (Å²) in [6, 6.07) is 25.2. The second kappa shape index (κ2) is 9.67. The highest BCUT2D eigenvalue weighted by Gasteiger charge is 2.16. The number of aromatic amines is 1. The number of pyridine rings is 1. The Bertz CT molecular complexity index is 1220. The molecule has 0 radical (unpaired) electrons. The molecule has 31 heavy (non-hydrogen) atoms. The molecule has 0 unspecified atom stereocenters. The predicted octanol–water partition coefficient (Wildman–Crippen LogP) is 5.25. The summed E-state index contributed by atoms with van der Waals surface area (Å²) >= 11 is 0. The molecule has 0 atom stereocenters. The second-order valence-electron chi connectivity index (χ2n) is 6.97. The van der Waals surface area contributed by atoms with E-state index in [2.05, 4.69) is 11.6 Å². The van der Waals surface area contributed by atoms with Crippen LogP contribution in [-0.2, 0) is 13.2 Å². The molecule has 0 amide bonds. The van der Waals surface area contributed by atoms with E-state index in [0.29, 0.717) is 30.2 Å². The van der Waals surface area contributed by atoms with Gasteiger partial charge in [0.05, 0.1) is 5.52 Å². The van der Waals surface area contributed by atoms with E-state index >= 15 is 0 Å². The minimum atomic E-state index is -0.363. The van der Waals surface area contributed by atoms with Crippen LogP contribution in [0.1, 0.15) is 11.1 Å². The summed E-state index contributed by atoms with van der Waals surface area (Å²) in [5.74, 6) is 1.20. The molecule has 5 nitrogen and oxygen atoms in total. The molecule has 0 saturated carbocycles. The molecule has 0 spiro atoms. The zero-order valence-corrected chi connectivity index (χ0v) is 17.0. The molecular weight excluding hydrogens is 390 g/mol. The van der Waals surface area contributed by atoms with E-state index in [1.807, 2.05) is 72.8 Å². The maximum atomic E-state index is 12.7. The second-order valence-corrected chi connectivity index (χ2v) is 6.97. The van der Waals surface area contributed by atoms with E-state index in [9.17, 15) is 4.79 Å². The van der Waals surface area contributed by atoms with Gasteiger partial charge in [-0.1, -0.05) is 73.3 Å². The van der Waals surface area contributed by atoms with Gasteiger partial charge in [0.2, 0.25) is 5.75 Å². The van der Waals surface area contributed by atoms with Crippen molar-refractivity contribution in [3.8, 4) is 17.2 Å². The average Bonchev–Trinajstić information content (AvgIpc) is 2.81. The lowest BCUT2D eigenvalue weighted by atomic mass is 10.1. The van der Waals surface area contributed by atoms with Crippen molar-refractivity contribution in [2.24, 2.45) is 0 Å². The van der Waals surface area contributed by atoms with Gasteiger partial charge in [-0.05, 0) is 23.3 Å². The van der Waals surface area contributed by atoms with Crippen LogP contribution in [0.4, 0.5) is 0 Å². The normalized spacial score (nSPS) is 10.6. The van der Waals surface area contributed by atoms with Gasteiger partial charge < -0.3 is 19.2 Å². The van der Waals surface area contributed by atoms with Gasteiger partial charge in [-0.15, -0.1) is 0 Å². The number of aromatic nitrogens is 1. The van der Waals surface area contributed by atoms with E-state index in [1.165, 1.54) is 0 Å². The molecule has 4 aromatic rings. The maximum Gasteiger partial charge on any atom is 0.294 e. The topological polar surface area (TPSA) is 60.6 Å². The lowest BCUT2D eigenvalue weighted by molar-refractivity contribution is 0.276. The summed E-state index contributed by atoms with van der Waals surface area (Å²) in [5, 5.41) is 0.738. The van der Waals surface area contributed by atoms with E-state index < -0.39 is 0 Å². The van der Waals surface area contributed by atoms with Crippen molar-refractivity contribution in [1.82, 2.24) is 4.98 Å². The summed E-state index contributed by atoms with van der Waals surface area (Å²) < 4.78 is 17.6. The van der Waals surface area contributed by atoms with Gasteiger partial charge in [0, 0.05) is 11.5 Å². The number of ether oxygens (including phenoxy) is 3. The van der Waals surface area contributed by atoms with Crippen molar-refractivity contribution in [2.45, 2.75) is 13.2 Å². The third-order valence-corrected chi connectivity index (χ3v) is 4.72. The fourth-order valence-electron chi connectivity index (χ4n) is 3.21. The third kappa shape index (κ3) is 4.95. The molecule has 0 aliphatic rings. The number of nitrogens with one attached hydrogen (secondary N) is 1. The summed E-state index contributed by atoms with van der Waals surface area (Å²) in [5.41, 5.74) is 2.31. The van der Waals surface area contributed by atoms with Gasteiger partial charge in [-0.25, -0.2) is 0 Å². The Labute approximate surface area is 180 Å². The minimum Gasteiger partial charge on any atom is -0.489 e. The van der Waals surface area contributed by atoms with Gasteiger partial charge in [0.1, 0.15) is 25.6 Å². The fourth-order valence-corrected chi connectivity index (χ4v) is 3.21. The van der Waals surface area contributed by atoms with Gasteiger partial charge in [0.25, 0.3) is 5.56 Å². The van der Waals surface area contributed by atoms with Crippen LogP contribution in [0.5, 0.6) is 17.2 Å². The van der Waals surface area contributed by atoms with Crippen LogP contribution < -0.4 is 19.8 Å². The Morgan fingerprint density at radius 2 is 1.42 bits per heavy atom. The fraction of sp³-hybridized carbons (Fsp3) is 0.115. The number of rotatable bonds is 9. The van der Waals surface area contributed by atoms with E-state index in [-0.39, 0.29) is 17.9 Å². The third-order valence-electron chi connectivity index (χ3n) is 4.72. The zero-order valence-electron chi connectivity index (χ0n) is 17.0. The SMILES string of the molecule is C=CCOc1c(OCc2ccccc2)c2ccc(OCc3ccccc3)cc2[nH]c1=O. The largest absolute Gasteiger partial charge is 0.489 e. The van der Waals surface area contributed by atoms with Gasteiger partial charge in [-0.2, -0.15) is 0 Å². The highest BCUT2D eigenvalue weighted by Crippen LogP contribution is 2.34. The van der Waals surface area contributed by atoms with Crippen LogP contribution in [0.3, 0.4) is 0 Å². The maximum absolute atomic E-state index is 12.7. The van der Waals surface area contributed by atoms with Crippen LogP contribution in [0, 0.1) is 0 Å². The predicted molar refractivity (Wildman–Crippen MR) is 122 cm³/mol. The quantitative estimate of drug-likeness (QED) is 0.381. The summed E-state index contributed by atoms with van der Waals surface area (Å²) in [6.45, 7) is 4.61. The van der Waals surface area contributed by atoms with Crippen LogP contribution in [-0.4, -0.2) is 11.6 Å². The highest BCUT2D eigenvalue weighted by molar-refractivity contribution is 5.88. The van der Waals surface area contributed by atoms with Crippen molar-refractivity contribution in [2.75, 3.05) is 6.61 Å². The molecule has 0 saturated heterocycles. The lowest BCUT2D eigenvalue weighted by Crippen LogP contribution is -2.14. The zero-order chi connectivity index (χ0) is 21.5. The van der Waals surface area contributed by atoms with E-state index in [0.717, 1.165) is 16.5 Å². The van der Waals surface area contributed by atoms with Crippen LogP contribution in [0.25, 0.3) is 10.9 Å². The molecule has 0 bridgehead atoms. The molecular formula is C26H23NO4. The lowest BCUT2D eigenvalue weighted by Gasteiger charge is -2.15. The highest BCUT2D eigenvalue weighted by atomic mass is 16.5. The first-order chi connectivity index (χ1) is 15.2. The van der Waals surface area contributed by atoms with Crippen molar-refractivity contribution in [3.63, 3.8) is 0 Å². The first-order valence-corrected chi connectivity index (χ1v) is 10.0. The summed E-state index contributed by atoms with van der Waals surface area (Å²) in [6.07, 6.45) is 1.59. The Kier molecular flexibility index (Phi) is 6.33. The number of hydrogen-bond acceptors (Lipinski definition) is 4. The van der Waals surface area contributed by atoms with Crippen LogP contribution >= 0.6 is 0 Å². The molecule has 3 aromatic carbocycles. The summed E-state index contributed by atoms with van der Waals surface area (Å²) in [4.78, 5) is 15.6. The van der Waals surface area contributed by atoms with E-state index in [1.54, 1.807) is 12.1 Å². The molecule has 1 aromatic heterocycles. The molecule has 4 rings (SSSR count). The van der Waals surface area contributed by atoms with Gasteiger partial charge in [-0.3, -0.25) is 4.79 Å². The van der Waals surface area contributed by atoms with Crippen LogP contribution in [0.15, 0.2) is 96.3 Å². The molecule has 0 aliphatic carbocycles. The number of fused-ring (bicyclic) bond motifs is 1. The molecule has 1 N–H and O–H groups in total. The minimum absolute atomic E-state index is 0.140. The van der Waals surface area contributed by atoms with Gasteiger partial charge in [0.15, 0.2) is 5.75 Å². The molecule has 1 heterocycles.